The van der Waals surface area contributed by atoms with Crippen LogP contribution in [0.5, 0.6) is 0 Å². The molecule has 0 bridgehead atoms. The number of allylic oxidation sites excluding steroid dienone is 1. The van der Waals surface area contributed by atoms with E-state index in [0.29, 0.717) is 5.92 Å². The first-order chi connectivity index (χ1) is 4.24. The van der Waals surface area contributed by atoms with Crippen LogP contribution in [0, 0.1) is 5.92 Å². The molecule has 2 nitrogen and oxygen atoms in total. The van der Waals surface area contributed by atoms with Crippen LogP contribution in [0.15, 0.2) is 12.7 Å². The van der Waals surface area contributed by atoms with E-state index in [4.69, 9.17) is 0 Å². The Morgan fingerprint density at radius 1 is 1.60 bits per heavy atom. The molecule has 1 fully saturated rings. The van der Waals surface area contributed by atoms with Crippen molar-refractivity contribution in [2.24, 2.45) is 5.92 Å². The molecule has 1 aliphatic carbocycles. The minimum atomic E-state index is -1.84. The molecule has 0 radical (unpaired) electrons. The third-order valence-electron chi connectivity index (χ3n) is 1.74. The molecule has 0 amide bonds. The van der Waals surface area contributed by atoms with Crippen LogP contribution in [0.25, 0.3) is 0 Å². The van der Waals surface area contributed by atoms with E-state index in [1.807, 2.05) is 6.08 Å². The van der Waals surface area contributed by atoms with E-state index in [1.54, 1.807) is 0 Å². The standard InChI is InChI=1S/C6H10O2S.Na/c1-2-5-3-6(4-5)9(7)8;/h2,5-6H,1,3-4H2,(H,7,8);/q;+1/p-1. The number of rotatable bonds is 2. The van der Waals surface area contributed by atoms with Crippen LogP contribution >= 0.6 is 0 Å². The Labute approximate surface area is 85.7 Å². The molecule has 0 spiro atoms. The number of hydrogen-bond acceptors (Lipinski definition) is 2. The van der Waals surface area contributed by atoms with Crippen molar-refractivity contribution in [2.75, 3.05) is 0 Å². The van der Waals surface area contributed by atoms with Crippen molar-refractivity contribution in [2.45, 2.75) is 18.1 Å². The molecule has 4 heteroatoms. The van der Waals surface area contributed by atoms with Crippen LogP contribution in [-0.2, 0) is 11.1 Å². The normalized spacial score (nSPS) is 33.3. The zero-order chi connectivity index (χ0) is 6.85. The minimum absolute atomic E-state index is 0. The monoisotopic (exact) mass is 168 g/mol. The molecule has 0 aromatic heterocycles. The van der Waals surface area contributed by atoms with Gasteiger partial charge >= 0.3 is 29.6 Å². The van der Waals surface area contributed by atoms with Crippen LogP contribution in [0.4, 0.5) is 0 Å². The fourth-order valence-corrected chi connectivity index (χ4v) is 1.76. The molecule has 0 saturated heterocycles. The van der Waals surface area contributed by atoms with Crippen molar-refractivity contribution < 1.29 is 38.3 Å². The van der Waals surface area contributed by atoms with E-state index in [9.17, 15) is 8.76 Å². The summed E-state index contributed by atoms with van der Waals surface area (Å²) < 4.78 is 20.4. The molecule has 1 rings (SSSR count). The zero-order valence-electron chi connectivity index (χ0n) is 6.08. The molecule has 0 aromatic rings. The third-order valence-corrected chi connectivity index (χ3v) is 2.67. The van der Waals surface area contributed by atoms with Gasteiger partial charge < -0.3 is 4.55 Å². The summed E-state index contributed by atoms with van der Waals surface area (Å²) in [6, 6.07) is 0. The largest absolute Gasteiger partial charge is 1.00 e. The van der Waals surface area contributed by atoms with Crippen molar-refractivity contribution >= 4 is 11.1 Å². The molecular weight excluding hydrogens is 159 g/mol. The van der Waals surface area contributed by atoms with Gasteiger partial charge in [-0.3, -0.25) is 4.21 Å². The Kier molecular flexibility index (Phi) is 5.07. The Bertz CT molecular complexity index is 143. The average Bonchev–Trinajstić information content (AvgIpc) is 1.61. The molecule has 1 saturated carbocycles. The summed E-state index contributed by atoms with van der Waals surface area (Å²) in [5.74, 6) is 0.452. The van der Waals surface area contributed by atoms with Gasteiger partial charge in [-0.2, -0.15) is 0 Å². The van der Waals surface area contributed by atoms with Gasteiger partial charge in [-0.05, 0) is 18.8 Å². The molecule has 0 aromatic carbocycles. The Balaban J connectivity index is 0.000000810. The molecule has 0 heterocycles. The first-order valence-corrected chi connectivity index (χ1v) is 4.08. The summed E-state index contributed by atoms with van der Waals surface area (Å²) in [4.78, 5) is 0. The molecular formula is C6H9NaO2S. The van der Waals surface area contributed by atoms with Gasteiger partial charge in [0.2, 0.25) is 0 Å². The number of hydrogen-bond donors (Lipinski definition) is 0. The van der Waals surface area contributed by atoms with Crippen molar-refractivity contribution in [1.82, 2.24) is 0 Å². The topological polar surface area (TPSA) is 40.1 Å². The van der Waals surface area contributed by atoms with E-state index in [-0.39, 0.29) is 34.8 Å². The van der Waals surface area contributed by atoms with Crippen molar-refractivity contribution in [3.63, 3.8) is 0 Å². The quantitative estimate of drug-likeness (QED) is 0.267. The second kappa shape index (κ2) is 4.67. The first-order valence-electron chi connectivity index (χ1n) is 2.94. The second-order valence-corrected chi connectivity index (χ2v) is 3.54. The van der Waals surface area contributed by atoms with E-state index in [1.165, 1.54) is 0 Å². The summed E-state index contributed by atoms with van der Waals surface area (Å²) in [7, 11) is 0. The molecule has 10 heavy (non-hydrogen) atoms. The maximum absolute atomic E-state index is 10.2. The van der Waals surface area contributed by atoms with Crippen LogP contribution in [0.3, 0.4) is 0 Å². The van der Waals surface area contributed by atoms with Crippen LogP contribution < -0.4 is 29.6 Å². The average molecular weight is 168 g/mol. The summed E-state index contributed by atoms with van der Waals surface area (Å²) in [6.07, 6.45) is 3.38. The van der Waals surface area contributed by atoms with Gasteiger partial charge in [-0.25, -0.2) is 0 Å². The van der Waals surface area contributed by atoms with Gasteiger partial charge in [0.15, 0.2) is 0 Å². The molecule has 1 aliphatic rings. The van der Waals surface area contributed by atoms with Crippen LogP contribution in [0.2, 0.25) is 0 Å². The summed E-state index contributed by atoms with van der Waals surface area (Å²) in [5.41, 5.74) is 0. The van der Waals surface area contributed by atoms with Gasteiger partial charge in [0.1, 0.15) is 0 Å². The SMILES string of the molecule is C=CC1CC(S(=O)[O-])C1.[Na+]. The van der Waals surface area contributed by atoms with Gasteiger partial charge in [0.05, 0.1) is 0 Å². The molecule has 1 unspecified atom stereocenters. The maximum atomic E-state index is 10.2. The second-order valence-electron chi connectivity index (χ2n) is 2.35. The van der Waals surface area contributed by atoms with Gasteiger partial charge in [-0.1, -0.05) is 17.2 Å². The molecule has 52 valence electrons. The van der Waals surface area contributed by atoms with Crippen LogP contribution in [-0.4, -0.2) is 14.0 Å². The van der Waals surface area contributed by atoms with Gasteiger partial charge in [0, 0.05) is 5.25 Å². The van der Waals surface area contributed by atoms with Crippen LogP contribution in [0.1, 0.15) is 12.8 Å². The Morgan fingerprint density at radius 3 is 2.40 bits per heavy atom. The minimum Gasteiger partial charge on any atom is -0.772 e. The van der Waals surface area contributed by atoms with E-state index >= 15 is 0 Å². The zero-order valence-corrected chi connectivity index (χ0v) is 8.89. The summed E-state index contributed by atoms with van der Waals surface area (Å²) in [5, 5.41) is -0.0898. The fourth-order valence-electron chi connectivity index (χ4n) is 0.956. The fraction of sp³-hybridized carbons (Fsp3) is 0.667. The molecule has 1 atom stereocenters. The first kappa shape index (κ1) is 10.8. The Hall–Kier alpha value is 0.850. The van der Waals surface area contributed by atoms with E-state index in [2.05, 4.69) is 6.58 Å². The van der Waals surface area contributed by atoms with Crippen molar-refractivity contribution in [3.8, 4) is 0 Å². The Morgan fingerprint density at radius 2 is 2.10 bits per heavy atom. The third kappa shape index (κ3) is 2.47. The summed E-state index contributed by atoms with van der Waals surface area (Å²) >= 11 is -1.84. The molecule has 0 N–H and O–H groups in total. The van der Waals surface area contributed by atoms with Gasteiger partial charge in [-0.15, -0.1) is 6.58 Å². The maximum Gasteiger partial charge on any atom is 1.00 e. The van der Waals surface area contributed by atoms with E-state index < -0.39 is 11.1 Å². The predicted octanol–water partition coefficient (Wildman–Crippen LogP) is -2.17. The van der Waals surface area contributed by atoms with Gasteiger partial charge in [0.25, 0.3) is 0 Å². The molecule has 0 aliphatic heterocycles. The smallest absolute Gasteiger partial charge is 0.772 e. The van der Waals surface area contributed by atoms with Crippen molar-refractivity contribution in [3.05, 3.63) is 12.7 Å². The summed E-state index contributed by atoms with van der Waals surface area (Å²) in [6.45, 7) is 3.58. The van der Waals surface area contributed by atoms with E-state index in [0.717, 1.165) is 12.8 Å². The predicted molar refractivity (Wildman–Crippen MR) is 35.6 cm³/mol. The van der Waals surface area contributed by atoms with Crippen molar-refractivity contribution in [1.29, 1.82) is 0 Å².